The lowest BCUT2D eigenvalue weighted by Crippen LogP contribution is -2.33. The third kappa shape index (κ3) is 4.75. The number of nitrogens with one attached hydrogen (secondary N) is 1. The van der Waals surface area contributed by atoms with Crippen LogP contribution in [-0.2, 0) is 14.8 Å². The second-order valence-electron chi connectivity index (χ2n) is 8.17. The van der Waals surface area contributed by atoms with Crippen molar-refractivity contribution in [3.05, 3.63) is 35.4 Å². The Labute approximate surface area is 215 Å². The molecule has 200 valence electrons. The van der Waals surface area contributed by atoms with Gasteiger partial charge in [-0.2, -0.15) is 9.97 Å². The molecule has 1 N–H and O–H groups in total. The smallest absolute Gasteiger partial charge is 0.261 e. The topological polar surface area (TPSA) is 156 Å². The third-order valence-corrected chi connectivity index (χ3v) is 7.93. The van der Waals surface area contributed by atoms with Gasteiger partial charge in [-0.25, -0.2) is 27.2 Å². The van der Waals surface area contributed by atoms with E-state index in [-0.39, 0.29) is 34.1 Å². The lowest BCUT2D eigenvalue weighted by atomic mass is 10.2. The van der Waals surface area contributed by atoms with E-state index in [1.54, 1.807) is 0 Å². The van der Waals surface area contributed by atoms with Crippen LogP contribution in [0.3, 0.4) is 0 Å². The second kappa shape index (κ2) is 9.90. The van der Waals surface area contributed by atoms with Crippen LogP contribution in [0, 0.1) is 5.92 Å². The molecule has 3 aromatic rings. The molecule has 0 amide bonds. The summed E-state index contributed by atoms with van der Waals surface area (Å²) in [6, 6.07) is 0. The van der Waals surface area contributed by atoms with Crippen LogP contribution in [0.5, 0.6) is 11.8 Å². The average molecular weight is 561 g/mol. The van der Waals surface area contributed by atoms with E-state index in [0.29, 0.717) is 0 Å². The Bertz CT molecular complexity index is 1370. The zero-order valence-corrected chi connectivity index (χ0v) is 21.8. The number of rotatable bonds is 10. The van der Waals surface area contributed by atoms with E-state index in [4.69, 9.17) is 25.8 Å². The van der Waals surface area contributed by atoms with Crippen molar-refractivity contribution in [1.29, 1.82) is 0 Å². The van der Waals surface area contributed by atoms with Gasteiger partial charge in [-0.05, 0) is 6.92 Å². The summed E-state index contributed by atoms with van der Waals surface area (Å²) in [6.07, 6.45) is 2.64. The maximum atomic E-state index is 14.4. The Morgan fingerprint density at radius 3 is 2.14 bits per heavy atom. The molecule has 1 aliphatic rings. The normalized spacial score (nSPS) is 20.2. The van der Waals surface area contributed by atoms with Crippen LogP contribution in [0.2, 0.25) is 5.02 Å². The summed E-state index contributed by atoms with van der Waals surface area (Å²) in [5.41, 5.74) is -0.0583. The number of hydrogen-bond acceptors (Lipinski definition) is 11. The molecular weight excluding hydrogens is 538 g/mol. The van der Waals surface area contributed by atoms with Gasteiger partial charge in [0, 0.05) is 25.4 Å². The van der Waals surface area contributed by atoms with Crippen molar-refractivity contribution in [3.8, 4) is 17.4 Å². The molecule has 37 heavy (non-hydrogen) atoms. The number of anilines is 1. The second-order valence-corrected chi connectivity index (χ2v) is 10.6. The van der Waals surface area contributed by atoms with Crippen molar-refractivity contribution in [2.75, 3.05) is 26.1 Å². The first-order valence-electron chi connectivity index (χ1n) is 10.8. The predicted molar refractivity (Wildman–Crippen MR) is 126 cm³/mol. The molecule has 1 fully saturated rings. The van der Waals surface area contributed by atoms with Crippen molar-refractivity contribution in [3.63, 3.8) is 0 Å². The summed E-state index contributed by atoms with van der Waals surface area (Å²) in [5.74, 6) is -6.23. The van der Waals surface area contributed by atoms with E-state index in [1.165, 1.54) is 47.6 Å². The average Bonchev–Trinajstić information content (AvgIpc) is 3.15. The van der Waals surface area contributed by atoms with Gasteiger partial charge in [-0.1, -0.05) is 18.5 Å². The third-order valence-electron chi connectivity index (χ3n) is 6.04. The van der Waals surface area contributed by atoms with Crippen LogP contribution in [0.4, 0.5) is 14.7 Å². The number of alkyl halides is 2. The van der Waals surface area contributed by atoms with Crippen LogP contribution < -0.4 is 14.2 Å². The number of sulfonamides is 1. The Morgan fingerprint density at radius 1 is 1.08 bits per heavy atom. The van der Waals surface area contributed by atoms with Gasteiger partial charge in [-0.15, -0.1) is 10.2 Å². The summed E-state index contributed by atoms with van der Waals surface area (Å²) in [4.78, 5) is 16.1. The van der Waals surface area contributed by atoms with Gasteiger partial charge in [0.2, 0.25) is 27.7 Å². The van der Waals surface area contributed by atoms with Crippen LogP contribution in [0.15, 0.2) is 18.7 Å². The van der Waals surface area contributed by atoms with Crippen molar-refractivity contribution < 1.29 is 31.4 Å². The zero-order valence-electron chi connectivity index (χ0n) is 20.3. The molecule has 3 heterocycles. The minimum absolute atomic E-state index is 0.0583. The highest BCUT2D eigenvalue weighted by atomic mass is 35.5. The van der Waals surface area contributed by atoms with Crippen LogP contribution in [0.1, 0.15) is 37.5 Å². The minimum Gasteiger partial charge on any atom is -0.479 e. The fourth-order valence-electron chi connectivity index (χ4n) is 3.86. The van der Waals surface area contributed by atoms with E-state index in [2.05, 4.69) is 34.9 Å². The maximum absolute atomic E-state index is 14.4. The quantitative estimate of drug-likeness (QED) is 0.388. The Morgan fingerprint density at radius 2 is 1.65 bits per heavy atom. The molecule has 0 aliphatic heterocycles. The number of halogens is 3. The fourth-order valence-corrected chi connectivity index (χ4v) is 5.08. The molecule has 0 radical (unpaired) electrons. The Kier molecular flexibility index (Phi) is 7.18. The monoisotopic (exact) mass is 560 g/mol. The summed E-state index contributed by atoms with van der Waals surface area (Å²) < 4.78 is 75.0. The van der Waals surface area contributed by atoms with Crippen molar-refractivity contribution in [1.82, 2.24) is 34.7 Å². The summed E-state index contributed by atoms with van der Waals surface area (Å²) >= 11 is 5.83. The molecule has 1 aliphatic carbocycles. The lowest BCUT2D eigenvalue weighted by molar-refractivity contribution is 0.0949. The molecule has 0 unspecified atom stereocenters. The lowest BCUT2D eigenvalue weighted by Gasteiger charge is -2.22. The predicted octanol–water partition coefficient (Wildman–Crippen LogP) is 2.40. The molecule has 0 bridgehead atoms. The number of methoxy groups -OCH3 is 3. The number of ether oxygens (including phenoxy) is 3. The van der Waals surface area contributed by atoms with E-state index in [0.717, 1.165) is 10.9 Å². The zero-order chi connectivity index (χ0) is 27.1. The first kappa shape index (κ1) is 26.8. The minimum atomic E-state index is -4.31. The van der Waals surface area contributed by atoms with Gasteiger partial charge >= 0.3 is 0 Å². The standard InChI is InChI=1S/C20H23ClF2N8O5S/c1-9-12(20(9,22)23)16-28-29-19(31(16)13-17(35-4)26-8-27-18(13)36-5)30-37(32,33)10(2)14(34-3)15-24-6-11(21)7-25-15/h6-10,12,14H,1-5H3,(H,29,30)/t9-,10+,12-,14+/m1/s1. The van der Waals surface area contributed by atoms with Gasteiger partial charge in [-0.3, -0.25) is 9.29 Å². The molecule has 0 aromatic carbocycles. The molecule has 13 nitrogen and oxygen atoms in total. The van der Waals surface area contributed by atoms with Gasteiger partial charge in [0.25, 0.3) is 5.92 Å². The van der Waals surface area contributed by atoms with Crippen LogP contribution in [-0.4, -0.2) is 75.6 Å². The van der Waals surface area contributed by atoms with Gasteiger partial charge < -0.3 is 14.2 Å². The van der Waals surface area contributed by atoms with Gasteiger partial charge in [0.1, 0.15) is 23.5 Å². The molecule has 0 spiro atoms. The first-order chi connectivity index (χ1) is 17.5. The number of hydrogen-bond donors (Lipinski definition) is 1. The maximum Gasteiger partial charge on any atom is 0.261 e. The van der Waals surface area contributed by atoms with Gasteiger partial charge in [0.15, 0.2) is 11.5 Å². The highest BCUT2D eigenvalue weighted by molar-refractivity contribution is 7.93. The summed E-state index contributed by atoms with van der Waals surface area (Å²) in [5, 5.41) is 6.75. The molecule has 1 saturated carbocycles. The molecule has 0 saturated heterocycles. The SMILES string of the molecule is COc1ncnc(OC)c1-n1c(NS(=O)(=O)[C@@H](C)[C@H](OC)c2ncc(Cl)cn2)nnc1[C@H]1[C@@H](C)C1(F)F. The van der Waals surface area contributed by atoms with E-state index in [1.807, 2.05) is 0 Å². The molecule has 4 rings (SSSR count). The van der Waals surface area contributed by atoms with Gasteiger partial charge in [0.05, 0.1) is 25.2 Å². The summed E-state index contributed by atoms with van der Waals surface area (Å²) in [6.45, 7) is 2.71. The van der Waals surface area contributed by atoms with E-state index >= 15 is 0 Å². The first-order valence-corrected chi connectivity index (χ1v) is 12.7. The van der Waals surface area contributed by atoms with Crippen LogP contribution in [0.25, 0.3) is 5.69 Å². The fraction of sp³-hybridized carbons (Fsp3) is 0.500. The van der Waals surface area contributed by atoms with Crippen molar-refractivity contribution in [2.24, 2.45) is 5.92 Å². The molecular formula is C20H23ClF2N8O5S. The Hall–Kier alpha value is -3.24. The molecule has 3 aromatic heterocycles. The number of nitrogens with zero attached hydrogens (tertiary/aromatic N) is 7. The van der Waals surface area contributed by atoms with Crippen molar-refractivity contribution in [2.45, 2.75) is 37.0 Å². The Balaban J connectivity index is 1.80. The molecule has 4 atom stereocenters. The summed E-state index contributed by atoms with van der Waals surface area (Å²) in [7, 11) is -0.421. The van der Waals surface area contributed by atoms with Crippen molar-refractivity contribution >= 4 is 27.6 Å². The van der Waals surface area contributed by atoms with Crippen LogP contribution >= 0.6 is 11.6 Å². The highest BCUT2D eigenvalue weighted by Gasteiger charge is 2.68. The number of aromatic nitrogens is 7. The highest BCUT2D eigenvalue weighted by Crippen LogP contribution is 2.61. The van der Waals surface area contributed by atoms with E-state index in [9.17, 15) is 17.2 Å². The largest absolute Gasteiger partial charge is 0.479 e. The van der Waals surface area contributed by atoms with E-state index < -0.39 is 45.1 Å². The molecule has 17 heteroatoms.